The van der Waals surface area contributed by atoms with Crippen LogP contribution in [0.25, 0.3) is 10.9 Å². The average molecular weight is 337 g/mol. The smallest absolute Gasteiger partial charge is 0.258 e. The van der Waals surface area contributed by atoms with E-state index in [4.69, 9.17) is 16.0 Å². The van der Waals surface area contributed by atoms with E-state index in [-0.39, 0.29) is 0 Å². The van der Waals surface area contributed by atoms with Gasteiger partial charge in [-0.25, -0.2) is 0 Å². The van der Waals surface area contributed by atoms with Crippen LogP contribution in [0.5, 0.6) is 5.75 Å². The van der Waals surface area contributed by atoms with E-state index in [1.54, 1.807) is 0 Å². The molecule has 0 saturated heterocycles. The molecule has 0 aliphatic carbocycles. The highest BCUT2D eigenvalue weighted by Crippen LogP contribution is 2.43. The molecule has 0 aliphatic heterocycles. The van der Waals surface area contributed by atoms with E-state index in [0.29, 0.717) is 21.8 Å². The summed E-state index contributed by atoms with van der Waals surface area (Å²) in [5.41, 5.74) is 2.35. The lowest BCUT2D eigenvalue weighted by molar-refractivity contribution is 0.483. The number of benzene rings is 1. The molecule has 1 heterocycles. The molecule has 5 heteroatoms. The molecule has 0 bridgehead atoms. The number of hydrogen-bond acceptors (Lipinski definition) is 3. The van der Waals surface area contributed by atoms with Crippen molar-refractivity contribution in [2.24, 2.45) is 0 Å². The summed E-state index contributed by atoms with van der Waals surface area (Å²) in [6, 6.07) is 7.82. The van der Waals surface area contributed by atoms with E-state index in [0.717, 1.165) is 16.7 Å². The van der Waals surface area contributed by atoms with Crippen molar-refractivity contribution in [3.05, 3.63) is 29.4 Å². The van der Waals surface area contributed by atoms with Gasteiger partial charge in [-0.05, 0) is 28.8 Å². The van der Waals surface area contributed by atoms with Gasteiger partial charge in [-0.3, -0.25) is 0 Å². The minimum Gasteiger partial charge on any atom is -0.541 e. The number of fused-ring (bicyclic) bond motifs is 1. The zero-order valence-electron chi connectivity index (χ0n) is 14.2. The van der Waals surface area contributed by atoms with Crippen LogP contribution in [-0.4, -0.2) is 18.5 Å². The van der Waals surface area contributed by atoms with Crippen LogP contribution in [0.3, 0.4) is 0 Å². The average Bonchev–Trinajstić information content (AvgIpc) is 2.43. The number of rotatable bonds is 5. The first-order valence-corrected chi connectivity index (χ1v) is 10.4. The largest absolute Gasteiger partial charge is 0.541 e. The Hall–Kier alpha value is -1.13. The molecule has 0 atom stereocenters. The van der Waals surface area contributed by atoms with Crippen molar-refractivity contribution >= 4 is 30.8 Å². The zero-order chi connectivity index (χ0) is 16.5. The Morgan fingerprint density at radius 1 is 0.955 bits per heavy atom. The van der Waals surface area contributed by atoms with E-state index in [9.17, 15) is 0 Å². The topological polar surface area (TPSA) is 35.0 Å². The first-order chi connectivity index (χ1) is 10.3. The van der Waals surface area contributed by atoms with Crippen LogP contribution < -0.4 is 4.43 Å². The third-order valence-electron chi connectivity index (χ3n) is 4.54. The Kier molecular flexibility index (Phi) is 5.13. The molecule has 0 amide bonds. The fourth-order valence-corrected chi connectivity index (χ4v) is 9.05. The third kappa shape index (κ3) is 2.99. The van der Waals surface area contributed by atoms with Gasteiger partial charge in [0.25, 0.3) is 8.32 Å². The Balaban J connectivity index is 2.56. The van der Waals surface area contributed by atoms with E-state index >= 15 is 0 Å². The third-order valence-corrected chi connectivity index (χ3v) is 10.7. The van der Waals surface area contributed by atoms with Crippen LogP contribution in [0, 0.1) is 0 Å². The van der Waals surface area contributed by atoms with Crippen molar-refractivity contribution < 1.29 is 4.43 Å². The van der Waals surface area contributed by atoms with Gasteiger partial charge in [0.15, 0.2) is 5.15 Å². The van der Waals surface area contributed by atoms with Crippen molar-refractivity contribution in [3.63, 3.8) is 0 Å². The normalized spacial score (nSPS) is 12.6. The maximum absolute atomic E-state index is 6.73. The summed E-state index contributed by atoms with van der Waals surface area (Å²) < 4.78 is 6.73. The van der Waals surface area contributed by atoms with Gasteiger partial charge in [0.2, 0.25) is 0 Å². The highest BCUT2D eigenvalue weighted by atomic mass is 35.5. The van der Waals surface area contributed by atoms with Crippen molar-refractivity contribution in [2.75, 3.05) is 0 Å². The monoisotopic (exact) mass is 336 g/mol. The van der Waals surface area contributed by atoms with E-state index < -0.39 is 8.32 Å². The number of aromatic nitrogens is 2. The number of nitrogens with zero attached hydrogens (tertiary/aromatic N) is 2. The standard InChI is InChI=1S/C17H25ClN2OSi/c1-11(2)22(12(3)4,13(5)6)21-15-9-7-8-14-10-16(18)19-20-17(14)15/h7-13H,1-6H3. The molecule has 3 nitrogen and oxygen atoms in total. The first kappa shape index (κ1) is 17.2. The molecule has 0 unspecified atom stereocenters. The summed E-state index contributed by atoms with van der Waals surface area (Å²) in [5.74, 6) is 0.837. The van der Waals surface area contributed by atoms with Crippen molar-refractivity contribution in [3.8, 4) is 5.75 Å². The summed E-state index contributed by atoms with van der Waals surface area (Å²) in [6.45, 7) is 13.7. The Bertz CT molecular complexity index is 636. The van der Waals surface area contributed by atoms with Crippen LogP contribution in [0.2, 0.25) is 21.8 Å². The maximum atomic E-state index is 6.73. The molecule has 1 aromatic carbocycles. The molecule has 120 valence electrons. The second-order valence-corrected chi connectivity index (χ2v) is 12.5. The molecule has 0 radical (unpaired) electrons. The first-order valence-electron chi connectivity index (χ1n) is 7.90. The van der Waals surface area contributed by atoms with Gasteiger partial charge in [0.1, 0.15) is 11.3 Å². The van der Waals surface area contributed by atoms with Crippen molar-refractivity contribution in [2.45, 2.75) is 58.2 Å². The second-order valence-electron chi connectivity index (χ2n) is 6.78. The Morgan fingerprint density at radius 2 is 1.55 bits per heavy atom. The summed E-state index contributed by atoms with van der Waals surface area (Å²) in [5, 5.41) is 9.62. The molecular formula is C17H25ClN2OSi. The molecule has 0 aliphatic rings. The molecule has 0 spiro atoms. The molecule has 2 aromatic rings. The molecule has 0 fully saturated rings. The summed E-state index contributed by atoms with van der Waals surface area (Å²) in [7, 11) is -2.00. The molecule has 2 rings (SSSR count). The van der Waals surface area contributed by atoms with Crippen LogP contribution in [-0.2, 0) is 0 Å². The lowest BCUT2D eigenvalue weighted by Crippen LogP contribution is -2.50. The van der Waals surface area contributed by atoms with Gasteiger partial charge in [-0.15, -0.1) is 10.2 Å². The SMILES string of the molecule is CC(C)[Si](Oc1cccc2cc(Cl)nnc12)(C(C)C)C(C)C. The van der Waals surface area contributed by atoms with E-state index in [1.807, 2.05) is 24.3 Å². The summed E-state index contributed by atoms with van der Waals surface area (Å²) in [4.78, 5) is 0. The predicted octanol–water partition coefficient (Wildman–Crippen LogP) is 5.84. The minimum atomic E-state index is -2.00. The fourth-order valence-electron chi connectivity index (χ4n) is 3.64. The van der Waals surface area contributed by atoms with Gasteiger partial charge in [0, 0.05) is 5.39 Å². The zero-order valence-corrected chi connectivity index (χ0v) is 16.0. The minimum absolute atomic E-state index is 0.407. The maximum Gasteiger partial charge on any atom is 0.258 e. The predicted molar refractivity (Wildman–Crippen MR) is 96.2 cm³/mol. The molecule has 0 N–H and O–H groups in total. The van der Waals surface area contributed by atoms with Gasteiger partial charge >= 0.3 is 0 Å². The van der Waals surface area contributed by atoms with Gasteiger partial charge < -0.3 is 4.43 Å². The van der Waals surface area contributed by atoms with Crippen molar-refractivity contribution in [1.82, 2.24) is 10.2 Å². The highest BCUT2D eigenvalue weighted by Gasteiger charge is 2.47. The van der Waals surface area contributed by atoms with Crippen LogP contribution in [0.15, 0.2) is 24.3 Å². The molecule has 22 heavy (non-hydrogen) atoms. The molecule has 0 saturated carbocycles. The number of hydrogen-bond donors (Lipinski definition) is 0. The lowest BCUT2D eigenvalue weighted by Gasteiger charge is -2.42. The second kappa shape index (κ2) is 6.55. The van der Waals surface area contributed by atoms with Crippen molar-refractivity contribution in [1.29, 1.82) is 0 Å². The van der Waals surface area contributed by atoms with Crippen LogP contribution >= 0.6 is 11.6 Å². The van der Waals surface area contributed by atoms with Crippen LogP contribution in [0.4, 0.5) is 0 Å². The highest BCUT2D eigenvalue weighted by molar-refractivity contribution is 6.78. The quantitative estimate of drug-likeness (QED) is 0.643. The number of halogens is 1. The fraction of sp³-hybridized carbons (Fsp3) is 0.529. The lowest BCUT2D eigenvalue weighted by atomic mass is 10.2. The summed E-state index contributed by atoms with van der Waals surface area (Å²) >= 11 is 5.95. The van der Waals surface area contributed by atoms with Crippen LogP contribution in [0.1, 0.15) is 41.5 Å². The van der Waals surface area contributed by atoms with E-state index in [1.165, 1.54) is 0 Å². The molecule has 1 aromatic heterocycles. The summed E-state index contributed by atoms with van der Waals surface area (Å²) in [6.07, 6.45) is 0. The van der Waals surface area contributed by atoms with E-state index in [2.05, 4.69) is 51.7 Å². The van der Waals surface area contributed by atoms with Gasteiger partial charge in [-0.1, -0.05) is 65.3 Å². The van der Waals surface area contributed by atoms with Gasteiger partial charge in [-0.2, -0.15) is 0 Å². The Labute approximate surface area is 139 Å². The molecular weight excluding hydrogens is 312 g/mol. The van der Waals surface area contributed by atoms with Gasteiger partial charge in [0.05, 0.1) is 0 Å². The Morgan fingerprint density at radius 3 is 2.09 bits per heavy atom.